The molecule has 4 nitrogen and oxygen atoms in total. The Labute approximate surface area is 116 Å². The molecule has 0 radical (unpaired) electrons. The van der Waals surface area contributed by atoms with Crippen LogP contribution in [0.15, 0.2) is 24.5 Å². The fourth-order valence-electron chi connectivity index (χ4n) is 1.80. The SMILES string of the molecule is CC(NCCc1ncn(C)n1)c1ccc(Cl)c(F)c1. The van der Waals surface area contributed by atoms with Crippen LogP contribution in [0.1, 0.15) is 24.4 Å². The Bertz CT molecular complexity index is 555. The molecule has 0 aliphatic carbocycles. The first-order chi connectivity index (χ1) is 9.06. The third kappa shape index (κ3) is 3.75. The van der Waals surface area contributed by atoms with Crippen molar-refractivity contribution in [2.24, 2.45) is 7.05 Å². The van der Waals surface area contributed by atoms with Gasteiger partial charge in [0.25, 0.3) is 0 Å². The van der Waals surface area contributed by atoms with Gasteiger partial charge in [-0.05, 0) is 24.6 Å². The molecule has 2 rings (SSSR count). The minimum atomic E-state index is -0.390. The molecule has 1 heterocycles. The molecular weight excluding hydrogens is 267 g/mol. The van der Waals surface area contributed by atoms with Gasteiger partial charge in [0.15, 0.2) is 5.82 Å². The molecule has 0 saturated heterocycles. The Kier molecular flexibility index (Phi) is 4.50. The second-order valence-corrected chi connectivity index (χ2v) is 4.84. The summed E-state index contributed by atoms with van der Waals surface area (Å²) in [6.07, 6.45) is 2.41. The second-order valence-electron chi connectivity index (χ2n) is 4.43. The number of aromatic nitrogens is 3. The van der Waals surface area contributed by atoms with Crippen LogP contribution in [0.4, 0.5) is 4.39 Å². The van der Waals surface area contributed by atoms with Gasteiger partial charge in [0.1, 0.15) is 12.1 Å². The van der Waals surface area contributed by atoms with E-state index in [0.29, 0.717) is 0 Å². The average Bonchev–Trinajstić information content (AvgIpc) is 2.78. The molecule has 19 heavy (non-hydrogen) atoms. The molecule has 0 spiro atoms. The van der Waals surface area contributed by atoms with Crippen LogP contribution in [0.5, 0.6) is 0 Å². The topological polar surface area (TPSA) is 42.7 Å². The molecule has 1 aromatic carbocycles. The van der Waals surface area contributed by atoms with Gasteiger partial charge in [-0.1, -0.05) is 17.7 Å². The smallest absolute Gasteiger partial charge is 0.151 e. The summed E-state index contributed by atoms with van der Waals surface area (Å²) in [6, 6.07) is 4.90. The number of nitrogens with zero attached hydrogens (tertiary/aromatic N) is 3. The lowest BCUT2D eigenvalue weighted by Crippen LogP contribution is -2.21. The number of nitrogens with one attached hydrogen (secondary N) is 1. The van der Waals surface area contributed by atoms with Gasteiger partial charge in [0, 0.05) is 26.1 Å². The van der Waals surface area contributed by atoms with E-state index in [1.807, 2.05) is 20.0 Å². The van der Waals surface area contributed by atoms with Crippen LogP contribution >= 0.6 is 11.6 Å². The number of hydrogen-bond donors (Lipinski definition) is 1. The number of rotatable bonds is 5. The third-order valence-corrected chi connectivity index (χ3v) is 3.20. The minimum absolute atomic E-state index is 0.0514. The van der Waals surface area contributed by atoms with Crippen LogP contribution in [-0.2, 0) is 13.5 Å². The maximum Gasteiger partial charge on any atom is 0.151 e. The van der Waals surface area contributed by atoms with E-state index in [2.05, 4.69) is 15.4 Å². The Morgan fingerprint density at radius 3 is 2.89 bits per heavy atom. The molecule has 2 aromatic rings. The van der Waals surface area contributed by atoms with Gasteiger partial charge >= 0.3 is 0 Å². The van der Waals surface area contributed by atoms with Crippen molar-refractivity contribution >= 4 is 11.6 Å². The summed E-state index contributed by atoms with van der Waals surface area (Å²) < 4.78 is 15.0. The van der Waals surface area contributed by atoms with E-state index in [0.717, 1.165) is 24.4 Å². The lowest BCUT2D eigenvalue weighted by molar-refractivity contribution is 0.560. The van der Waals surface area contributed by atoms with E-state index in [9.17, 15) is 4.39 Å². The molecule has 102 valence electrons. The molecule has 0 fully saturated rings. The molecule has 1 atom stereocenters. The first-order valence-corrected chi connectivity index (χ1v) is 6.47. The van der Waals surface area contributed by atoms with Crippen molar-refractivity contribution in [1.29, 1.82) is 0 Å². The van der Waals surface area contributed by atoms with Crippen molar-refractivity contribution in [3.05, 3.63) is 46.8 Å². The summed E-state index contributed by atoms with van der Waals surface area (Å²) >= 11 is 5.66. The van der Waals surface area contributed by atoms with Crippen molar-refractivity contribution in [3.63, 3.8) is 0 Å². The van der Waals surface area contributed by atoms with Crippen LogP contribution in [0.2, 0.25) is 5.02 Å². The monoisotopic (exact) mass is 282 g/mol. The molecule has 0 bridgehead atoms. The molecule has 1 aromatic heterocycles. The highest BCUT2D eigenvalue weighted by Crippen LogP contribution is 2.19. The van der Waals surface area contributed by atoms with E-state index in [1.165, 1.54) is 6.07 Å². The third-order valence-electron chi connectivity index (χ3n) is 2.89. The van der Waals surface area contributed by atoms with Crippen LogP contribution in [0, 0.1) is 5.82 Å². The van der Waals surface area contributed by atoms with Crippen LogP contribution in [0.25, 0.3) is 0 Å². The largest absolute Gasteiger partial charge is 0.310 e. The minimum Gasteiger partial charge on any atom is -0.310 e. The van der Waals surface area contributed by atoms with E-state index >= 15 is 0 Å². The molecule has 6 heteroatoms. The number of halogens is 2. The van der Waals surface area contributed by atoms with Gasteiger partial charge in [0.2, 0.25) is 0 Å². The van der Waals surface area contributed by atoms with Gasteiger partial charge in [-0.2, -0.15) is 5.10 Å². The van der Waals surface area contributed by atoms with Gasteiger partial charge in [-0.15, -0.1) is 0 Å². The summed E-state index contributed by atoms with van der Waals surface area (Å²) in [5.74, 6) is 0.406. The average molecular weight is 283 g/mol. The van der Waals surface area contributed by atoms with Crippen molar-refractivity contribution in [2.45, 2.75) is 19.4 Å². The van der Waals surface area contributed by atoms with Crippen molar-refractivity contribution in [2.75, 3.05) is 6.54 Å². The Morgan fingerprint density at radius 2 is 2.26 bits per heavy atom. The summed E-state index contributed by atoms with van der Waals surface area (Å²) in [4.78, 5) is 4.15. The van der Waals surface area contributed by atoms with E-state index in [4.69, 9.17) is 11.6 Å². The molecule has 0 aliphatic rings. The van der Waals surface area contributed by atoms with Crippen molar-refractivity contribution in [1.82, 2.24) is 20.1 Å². The van der Waals surface area contributed by atoms with Gasteiger partial charge in [-0.3, -0.25) is 4.68 Å². The van der Waals surface area contributed by atoms with Gasteiger partial charge in [0.05, 0.1) is 5.02 Å². The fourth-order valence-corrected chi connectivity index (χ4v) is 1.92. The summed E-state index contributed by atoms with van der Waals surface area (Å²) in [7, 11) is 1.84. The standard InChI is InChI=1S/C13H16ClFN4/c1-9(10-3-4-11(14)12(15)7-10)16-6-5-13-17-8-19(2)18-13/h3-4,7-9,16H,5-6H2,1-2H3. The maximum atomic E-state index is 13.3. The van der Waals surface area contributed by atoms with Crippen LogP contribution in [-0.4, -0.2) is 21.3 Å². The number of hydrogen-bond acceptors (Lipinski definition) is 3. The van der Waals surface area contributed by atoms with Gasteiger partial charge < -0.3 is 5.32 Å². The highest BCUT2D eigenvalue weighted by Gasteiger charge is 2.08. The summed E-state index contributed by atoms with van der Waals surface area (Å²) in [5, 5.41) is 7.65. The van der Waals surface area contributed by atoms with Crippen molar-refractivity contribution < 1.29 is 4.39 Å². The first-order valence-electron chi connectivity index (χ1n) is 6.09. The lowest BCUT2D eigenvalue weighted by atomic mass is 10.1. The predicted molar refractivity (Wildman–Crippen MR) is 72.5 cm³/mol. The number of benzene rings is 1. The fraction of sp³-hybridized carbons (Fsp3) is 0.385. The van der Waals surface area contributed by atoms with E-state index in [-0.39, 0.29) is 16.9 Å². The van der Waals surface area contributed by atoms with Crippen LogP contribution < -0.4 is 5.32 Å². The summed E-state index contributed by atoms with van der Waals surface area (Å²) in [5.41, 5.74) is 0.871. The lowest BCUT2D eigenvalue weighted by Gasteiger charge is -2.14. The molecule has 0 aliphatic heterocycles. The zero-order valence-corrected chi connectivity index (χ0v) is 11.7. The number of aryl methyl sites for hydroxylation is 1. The van der Waals surface area contributed by atoms with Gasteiger partial charge in [-0.25, -0.2) is 9.37 Å². The highest BCUT2D eigenvalue weighted by atomic mass is 35.5. The van der Waals surface area contributed by atoms with Crippen molar-refractivity contribution in [3.8, 4) is 0 Å². The molecule has 0 amide bonds. The Balaban J connectivity index is 1.86. The summed E-state index contributed by atoms with van der Waals surface area (Å²) in [6.45, 7) is 2.71. The molecule has 1 N–H and O–H groups in total. The van der Waals surface area contributed by atoms with E-state index in [1.54, 1.807) is 17.1 Å². The zero-order valence-electron chi connectivity index (χ0n) is 10.9. The first kappa shape index (κ1) is 14.0. The Hall–Kier alpha value is -1.46. The second kappa shape index (κ2) is 6.12. The van der Waals surface area contributed by atoms with Crippen LogP contribution in [0.3, 0.4) is 0 Å². The quantitative estimate of drug-likeness (QED) is 0.916. The predicted octanol–water partition coefficient (Wildman–Crippen LogP) is 2.50. The molecule has 1 unspecified atom stereocenters. The normalized spacial score (nSPS) is 12.6. The Morgan fingerprint density at radius 1 is 1.47 bits per heavy atom. The maximum absolute atomic E-state index is 13.3. The van der Waals surface area contributed by atoms with E-state index < -0.39 is 0 Å². The zero-order chi connectivity index (χ0) is 13.8. The molecular formula is C13H16ClFN4. The molecule has 0 saturated carbocycles. The highest BCUT2D eigenvalue weighted by molar-refractivity contribution is 6.30.